The summed E-state index contributed by atoms with van der Waals surface area (Å²) in [7, 11) is 0. The summed E-state index contributed by atoms with van der Waals surface area (Å²) in [5.41, 5.74) is 4.50. The lowest BCUT2D eigenvalue weighted by Crippen LogP contribution is -2.50. The minimum absolute atomic E-state index is 0.0684. The molecule has 0 aliphatic heterocycles. The van der Waals surface area contributed by atoms with Gasteiger partial charge in [0.15, 0.2) is 0 Å². The molecule has 170 valence electrons. The molecule has 2 atom stereocenters. The average Bonchev–Trinajstić information content (AvgIpc) is 3.04. The van der Waals surface area contributed by atoms with E-state index in [4.69, 9.17) is 9.84 Å². The van der Waals surface area contributed by atoms with E-state index >= 15 is 0 Å². The van der Waals surface area contributed by atoms with Crippen molar-refractivity contribution in [2.45, 2.75) is 51.6 Å². The Balaban J connectivity index is 1.64. The quantitative estimate of drug-likeness (QED) is 0.550. The van der Waals surface area contributed by atoms with Crippen LogP contribution < -0.4 is 10.6 Å². The second-order valence-corrected chi connectivity index (χ2v) is 8.66. The van der Waals surface area contributed by atoms with Crippen LogP contribution >= 0.6 is 0 Å². The van der Waals surface area contributed by atoms with E-state index in [2.05, 4.69) is 22.8 Å². The van der Waals surface area contributed by atoms with Crippen LogP contribution in [0.5, 0.6) is 0 Å². The van der Waals surface area contributed by atoms with Crippen LogP contribution in [0.15, 0.2) is 48.5 Å². The Kier molecular flexibility index (Phi) is 7.51. The highest BCUT2D eigenvalue weighted by Gasteiger charge is 2.30. The van der Waals surface area contributed by atoms with Gasteiger partial charge in [0.2, 0.25) is 5.91 Å². The molecular formula is C25H30N2O5. The van der Waals surface area contributed by atoms with Crippen molar-refractivity contribution in [1.82, 2.24) is 10.6 Å². The first kappa shape index (κ1) is 23.3. The van der Waals surface area contributed by atoms with Gasteiger partial charge in [-0.2, -0.15) is 0 Å². The van der Waals surface area contributed by atoms with E-state index in [1.54, 1.807) is 6.92 Å². The maximum Gasteiger partial charge on any atom is 0.407 e. The van der Waals surface area contributed by atoms with E-state index in [0.717, 1.165) is 22.3 Å². The SMILES string of the molecule is CC(C)C[C@@H](NC(=O)OCC1c2ccccc2-c2ccccc21)C(=O)N[C@H](C)CC(=O)O. The fourth-order valence-corrected chi connectivity index (χ4v) is 4.14. The number of benzene rings is 2. The van der Waals surface area contributed by atoms with Gasteiger partial charge in [-0.1, -0.05) is 62.4 Å². The Hall–Kier alpha value is -3.35. The van der Waals surface area contributed by atoms with Crippen LogP contribution in [0.3, 0.4) is 0 Å². The minimum atomic E-state index is -0.997. The zero-order valence-electron chi connectivity index (χ0n) is 18.6. The van der Waals surface area contributed by atoms with Gasteiger partial charge in [-0.3, -0.25) is 9.59 Å². The zero-order valence-corrected chi connectivity index (χ0v) is 18.6. The normalized spacial score (nSPS) is 14.2. The van der Waals surface area contributed by atoms with Crippen LogP contribution in [0.4, 0.5) is 4.79 Å². The van der Waals surface area contributed by atoms with Gasteiger partial charge in [0.1, 0.15) is 12.6 Å². The first-order chi connectivity index (χ1) is 15.3. The van der Waals surface area contributed by atoms with Crippen molar-refractivity contribution in [3.63, 3.8) is 0 Å². The number of hydrogen-bond donors (Lipinski definition) is 3. The van der Waals surface area contributed by atoms with E-state index in [0.29, 0.717) is 6.42 Å². The Morgan fingerprint density at radius 3 is 2.03 bits per heavy atom. The Labute approximate surface area is 188 Å². The number of carboxylic acids is 1. The van der Waals surface area contributed by atoms with Gasteiger partial charge < -0.3 is 20.5 Å². The number of fused-ring (bicyclic) bond motifs is 3. The average molecular weight is 439 g/mol. The number of alkyl carbamates (subject to hydrolysis) is 1. The first-order valence-electron chi connectivity index (χ1n) is 10.9. The number of amides is 2. The smallest absolute Gasteiger partial charge is 0.407 e. The van der Waals surface area contributed by atoms with Gasteiger partial charge in [-0.05, 0) is 41.5 Å². The molecule has 0 saturated carbocycles. The molecule has 0 saturated heterocycles. The summed E-state index contributed by atoms with van der Waals surface area (Å²) in [5, 5.41) is 14.2. The molecule has 0 fully saturated rings. The molecule has 0 heterocycles. The molecule has 0 radical (unpaired) electrons. The van der Waals surface area contributed by atoms with E-state index in [1.165, 1.54) is 0 Å². The third kappa shape index (κ3) is 5.66. The number of rotatable bonds is 9. The molecule has 32 heavy (non-hydrogen) atoms. The highest BCUT2D eigenvalue weighted by Crippen LogP contribution is 2.44. The number of nitrogens with one attached hydrogen (secondary N) is 2. The van der Waals surface area contributed by atoms with E-state index < -0.39 is 30.1 Å². The molecule has 7 heteroatoms. The van der Waals surface area contributed by atoms with Crippen LogP contribution in [-0.4, -0.2) is 41.8 Å². The second-order valence-electron chi connectivity index (χ2n) is 8.66. The molecule has 2 aromatic rings. The molecule has 0 bridgehead atoms. The monoisotopic (exact) mass is 438 g/mol. The van der Waals surface area contributed by atoms with Crippen molar-refractivity contribution in [2.75, 3.05) is 6.61 Å². The predicted molar refractivity (Wildman–Crippen MR) is 121 cm³/mol. The summed E-state index contributed by atoms with van der Waals surface area (Å²) in [6.45, 7) is 5.66. The molecular weight excluding hydrogens is 408 g/mol. The summed E-state index contributed by atoms with van der Waals surface area (Å²) in [6, 6.07) is 14.8. The van der Waals surface area contributed by atoms with Crippen molar-refractivity contribution in [3.8, 4) is 11.1 Å². The summed E-state index contributed by atoms with van der Waals surface area (Å²) in [4.78, 5) is 36.1. The van der Waals surface area contributed by atoms with Crippen LogP contribution in [0, 0.1) is 5.92 Å². The van der Waals surface area contributed by atoms with Gasteiger partial charge in [0.05, 0.1) is 6.42 Å². The number of ether oxygens (including phenoxy) is 1. The molecule has 1 aliphatic carbocycles. The molecule has 2 aromatic carbocycles. The van der Waals surface area contributed by atoms with Gasteiger partial charge in [-0.25, -0.2) is 4.79 Å². The topological polar surface area (TPSA) is 105 Å². The van der Waals surface area contributed by atoms with Gasteiger partial charge in [0, 0.05) is 12.0 Å². The summed E-state index contributed by atoms with van der Waals surface area (Å²) < 4.78 is 5.55. The summed E-state index contributed by atoms with van der Waals surface area (Å²) in [5.74, 6) is -1.33. The lowest BCUT2D eigenvalue weighted by atomic mass is 9.98. The van der Waals surface area contributed by atoms with E-state index in [1.807, 2.05) is 50.2 Å². The predicted octanol–water partition coefficient (Wildman–Crippen LogP) is 3.92. The lowest BCUT2D eigenvalue weighted by Gasteiger charge is -2.22. The molecule has 1 aliphatic rings. The van der Waals surface area contributed by atoms with Gasteiger partial charge in [-0.15, -0.1) is 0 Å². The van der Waals surface area contributed by atoms with Crippen LogP contribution in [0.2, 0.25) is 0 Å². The van der Waals surface area contributed by atoms with Crippen LogP contribution in [0.1, 0.15) is 50.7 Å². The standard InChI is InChI=1S/C25H30N2O5/c1-15(2)12-22(24(30)26-16(3)13-23(28)29)27-25(31)32-14-21-19-10-6-4-8-17(19)18-9-5-7-11-20(18)21/h4-11,15-16,21-22H,12-14H2,1-3H3,(H,26,30)(H,27,31)(H,28,29)/t16-,22-/m1/s1. The van der Waals surface area contributed by atoms with E-state index in [9.17, 15) is 14.4 Å². The molecule has 3 rings (SSSR count). The molecule has 7 nitrogen and oxygen atoms in total. The molecule has 2 amide bonds. The lowest BCUT2D eigenvalue weighted by molar-refractivity contribution is -0.137. The summed E-state index contributed by atoms with van der Waals surface area (Å²) in [6.07, 6.45) is -0.445. The van der Waals surface area contributed by atoms with Crippen LogP contribution in [-0.2, 0) is 14.3 Å². The van der Waals surface area contributed by atoms with Gasteiger partial charge in [0.25, 0.3) is 0 Å². The largest absolute Gasteiger partial charge is 0.481 e. The van der Waals surface area contributed by atoms with Crippen molar-refractivity contribution in [2.24, 2.45) is 5.92 Å². The maximum absolute atomic E-state index is 12.6. The summed E-state index contributed by atoms with van der Waals surface area (Å²) >= 11 is 0. The highest BCUT2D eigenvalue weighted by atomic mass is 16.5. The molecule has 3 N–H and O–H groups in total. The number of aliphatic carboxylic acids is 1. The Morgan fingerprint density at radius 2 is 1.50 bits per heavy atom. The molecule has 0 aromatic heterocycles. The number of carbonyl (C=O) groups excluding carboxylic acids is 2. The van der Waals surface area contributed by atoms with Crippen molar-refractivity contribution >= 4 is 18.0 Å². The fraction of sp³-hybridized carbons (Fsp3) is 0.400. The van der Waals surface area contributed by atoms with E-state index in [-0.39, 0.29) is 24.9 Å². The van der Waals surface area contributed by atoms with Crippen molar-refractivity contribution in [1.29, 1.82) is 0 Å². The fourth-order valence-electron chi connectivity index (χ4n) is 4.14. The minimum Gasteiger partial charge on any atom is -0.481 e. The number of hydrogen-bond acceptors (Lipinski definition) is 4. The Morgan fingerprint density at radius 1 is 0.938 bits per heavy atom. The van der Waals surface area contributed by atoms with Crippen LogP contribution in [0.25, 0.3) is 11.1 Å². The third-order valence-corrected chi connectivity index (χ3v) is 5.53. The maximum atomic E-state index is 12.6. The molecule has 0 unspecified atom stereocenters. The third-order valence-electron chi connectivity index (χ3n) is 5.53. The number of carboxylic acid groups (broad SMARTS) is 1. The van der Waals surface area contributed by atoms with Gasteiger partial charge >= 0.3 is 12.1 Å². The zero-order chi connectivity index (χ0) is 23.3. The van der Waals surface area contributed by atoms with Crippen molar-refractivity contribution in [3.05, 3.63) is 59.7 Å². The molecule has 0 spiro atoms. The first-order valence-corrected chi connectivity index (χ1v) is 10.9. The second kappa shape index (κ2) is 10.3. The van der Waals surface area contributed by atoms with Crippen molar-refractivity contribution < 1.29 is 24.2 Å². The highest BCUT2D eigenvalue weighted by molar-refractivity contribution is 5.86. The number of carbonyl (C=O) groups is 3. The Bertz CT molecular complexity index is 942.